The first-order chi connectivity index (χ1) is 12.7. The van der Waals surface area contributed by atoms with Gasteiger partial charge in [-0.1, -0.05) is 11.2 Å². The van der Waals surface area contributed by atoms with Crippen molar-refractivity contribution in [3.05, 3.63) is 35.7 Å². The number of methoxy groups -OCH3 is 4. The summed E-state index contributed by atoms with van der Waals surface area (Å²) in [6, 6.07) is 7.35. The quantitative estimate of drug-likeness (QED) is 0.628. The largest absolute Gasteiger partial charge is 0.493 e. The molecule has 3 rings (SSSR count). The van der Waals surface area contributed by atoms with Crippen LogP contribution >= 0.6 is 0 Å². The van der Waals surface area contributed by atoms with Crippen LogP contribution in [0.25, 0.3) is 11.6 Å². The van der Waals surface area contributed by atoms with Crippen molar-refractivity contribution in [1.82, 2.24) is 20.1 Å². The summed E-state index contributed by atoms with van der Waals surface area (Å²) in [5.41, 5.74) is 1.37. The number of hydrogen-bond donors (Lipinski definition) is 0. The number of benzene rings is 1. The van der Waals surface area contributed by atoms with E-state index in [0.717, 1.165) is 5.56 Å². The van der Waals surface area contributed by atoms with Crippen LogP contribution in [0.15, 0.2) is 28.8 Å². The number of aromatic nitrogens is 4. The lowest BCUT2D eigenvalue weighted by molar-refractivity contribution is 0.351. The molecule has 3 aromatic rings. The smallest absolute Gasteiger partial charge is 0.320 e. The normalized spacial score (nSPS) is 10.5. The van der Waals surface area contributed by atoms with Crippen LogP contribution < -0.4 is 18.9 Å². The number of nitrogens with zero attached hydrogens (tertiary/aromatic N) is 4. The van der Waals surface area contributed by atoms with Gasteiger partial charge in [0.25, 0.3) is 5.89 Å². The summed E-state index contributed by atoms with van der Waals surface area (Å²) >= 11 is 0. The second-order valence-corrected chi connectivity index (χ2v) is 5.16. The Balaban J connectivity index is 1.84. The van der Waals surface area contributed by atoms with Crippen molar-refractivity contribution in [3.8, 4) is 35.0 Å². The Hall–Kier alpha value is -3.36. The van der Waals surface area contributed by atoms with E-state index in [-0.39, 0.29) is 11.9 Å². The van der Waals surface area contributed by atoms with E-state index in [1.165, 1.54) is 14.2 Å². The zero-order valence-electron chi connectivity index (χ0n) is 14.8. The summed E-state index contributed by atoms with van der Waals surface area (Å²) in [5.74, 6) is 2.39. The van der Waals surface area contributed by atoms with Gasteiger partial charge >= 0.3 is 6.01 Å². The summed E-state index contributed by atoms with van der Waals surface area (Å²) in [6.45, 7) is 0. The van der Waals surface area contributed by atoms with Crippen LogP contribution in [0, 0.1) is 0 Å². The Morgan fingerprint density at radius 3 is 2.35 bits per heavy atom. The Morgan fingerprint density at radius 2 is 1.65 bits per heavy atom. The highest BCUT2D eigenvalue weighted by Gasteiger charge is 2.15. The maximum Gasteiger partial charge on any atom is 0.320 e. The molecule has 0 aliphatic heterocycles. The van der Waals surface area contributed by atoms with Crippen LogP contribution in [-0.4, -0.2) is 48.5 Å². The summed E-state index contributed by atoms with van der Waals surface area (Å²) in [4.78, 5) is 12.6. The Labute approximate surface area is 149 Å². The van der Waals surface area contributed by atoms with Gasteiger partial charge in [0, 0.05) is 12.5 Å². The van der Waals surface area contributed by atoms with Gasteiger partial charge in [0.2, 0.25) is 5.88 Å². The molecule has 0 atom stereocenters. The van der Waals surface area contributed by atoms with E-state index >= 15 is 0 Å². The highest BCUT2D eigenvalue weighted by molar-refractivity contribution is 5.49. The average molecular weight is 358 g/mol. The van der Waals surface area contributed by atoms with E-state index in [1.54, 1.807) is 20.3 Å². The van der Waals surface area contributed by atoms with E-state index in [4.69, 9.17) is 23.5 Å². The highest BCUT2D eigenvalue weighted by atomic mass is 16.5. The summed E-state index contributed by atoms with van der Waals surface area (Å²) < 4.78 is 26.0. The Bertz CT molecular complexity index is 874. The van der Waals surface area contributed by atoms with Crippen molar-refractivity contribution in [3.63, 3.8) is 0 Å². The van der Waals surface area contributed by atoms with Gasteiger partial charge in [-0.25, -0.2) is 0 Å². The fourth-order valence-electron chi connectivity index (χ4n) is 2.31. The topological polar surface area (TPSA) is 102 Å². The molecule has 0 bridgehead atoms. The van der Waals surface area contributed by atoms with E-state index in [1.807, 2.05) is 18.2 Å². The number of rotatable bonds is 7. The van der Waals surface area contributed by atoms with Crippen LogP contribution in [0.2, 0.25) is 0 Å². The molecule has 26 heavy (non-hydrogen) atoms. The highest BCUT2D eigenvalue weighted by Crippen LogP contribution is 2.28. The Morgan fingerprint density at radius 1 is 0.846 bits per heavy atom. The SMILES string of the molecule is COc1cc(-c2nc(Cc3ccc(OC)c(OC)c3)no2)nc(OC)n1. The van der Waals surface area contributed by atoms with Crippen LogP contribution in [-0.2, 0) is 6.42 Å². The first kappa shape index (κ1) is 17.5. The molecule has 0 N–H and O–H groups in total. The second-order valence-electron chi connectivity index (χ2n) is 5.16. The minimum atomic E-state index is 0.152. The van der Waals surface area contributed by atoms with Crippen molar-refractivity contribution in [1.29, 1.82) is 0 Å². The van der Waals surface area contributed by atoms with Gasteiger partial charge in [0.1, 0.15) is 5.69 Å². The number of ether oxygens (including phenoxy) is 4. The minimum Gasteiger partial charge on any atom is -0.493 e. The van der Waals surface area contributed by atoms with Crippen molar-refractivity contribution in [2.75, 3.05) is 28.4 Å². The van der Waals surface area contributed by atoms with Crippen molar-refractivity contribution in [2.24, 2.45) is 0 Å². The van der Waals surface area contributed by atoms with E-state index in [9.17, 15) is 0 Å². The maximum absolute atomic E-state index is 5.31. The predicted molar refractivity (Wildman–Crippen MR) is 90.8 cm³/mol. The lowest BCUT2D eigenvalue weighted by Gasteiger charge is -2.08. The molecule has 0 saturated heterocycles. The molecular weight excluding hydrogens is 340 g/mol. The molecule has 0 radical (unpaired) electrons. The molecule has 0 aliphatic carbocycles. The molecule has 1 aromatic carbocycles. The van der Waals surface area contributed by atoms with E-state index in [0.29, 0.717) is 35.3 Å². The minimum absolute atomic E-state index is 0.152. The predicted octanol–water partition coefficient (Wildman–Crippen LogP) is 2.15. The molecular formula is C17H18N4O5. The zero-order valence-corrected chi connectivity index (χ0v) is 14.8. The molecule has 2 heterocycles. The van der Waals surface area contributed by atoms with Gasteiger partial charge in [0.05, 0.1) is 28.4 Å². The van der Waals surface area contributed by atoms with E-state index < -0.39 is 0 Å². The molecule has 9 nitrogen and oxygen atoms in total. The van der Waals surface area contributed by atoms with Gasteiger partial charge in [-0.2, -0.15) is 15.0 Å². The second kappa shape index (κ2) is 7.68. The molecule has 0 unspecified atom stereocenters. The maximum atomic E-state index is 5.31. The molecule has 0 spiro atoms. The van der Waals surface area contributed by atoms with Crippen LogP contribution in [0.5, 0.6) is 23.4 Å². The fraction of sp³-hybridized carbons (Fsp3) is 0.294. The molecule has 9 heteroatoms. The fourth-order valence-corrected chi connectivity index (χ4v) is 2.31. The summed E-state index contributed by atoms with van der Waals surface area (Å²) in [7, 11) is 6.15. The zero-order chi connectivity index (χ0) is 18.5. The number of hydrogen-bond acceptors (Lipinski definition) is 9. The third kappa shape index (κ3) is 3.66. The molecule has 0 aliphatic rings. The van der Waals surface area contributed by atoms with Crippen molar-refractivity contribution >= 4 is 0 Å². The van der Waals surface area contributed by atoms with Crippen LogP contribution in [0.3, 0.4) is 0 Å². The Kier molecular flexibility index (Phi) is 5.16. The van der Waals surface area contributed by atoms with Crippen LogP contribution in [0.1, 0.15) is 11.4 Å². The monoisotopic (exact) mass is 358 g/mol. The summed E-state index contributed by atoms with van der Waals surface area (Å²) in [5, 5.41) is 4.00. The lowest BCUT2D eigenvalue weighted by Crippen LogP contribution is -1.97. The first-order valence-electron chi connectivity index (χ1n) is 7.67. The standard InChI is InChI=1S/C17H18N4O5/c1-22-12-6-5-10(7-13(12)23-2)8-14-19-16(26-21-14)11-9-15(24-3)20-17(18-11)25-4/h5-7,9H,8H2,1-4H3. The molecule has 136 valence electrons. The van der Waals surface area contributed by atoms with Crippen molar-refractivity contribution < 1.29 is 23.5 Å². The van der Waals surface area contributed by atoms with Gasteiger partial charge < -0.3 is 23.5 Å². The third-order valence-corrected chi connectivity index (χ3v) is 3.57. The van der Waals surface area contributed by atoms with Crippen LogP contribution in [0.4, 0.5) is 0 Å². The molecule has 2 aromatic heterocycles. The summed E-state index contributed by atoms with van der Waals surface area (Å²) in [6.07, 6.45) is 0.462. The average Bonchev–Trinajstić information content (AvgIpc) is 3.15. The van der Waals surface area contributed by atoms with Gasteiger partial charge in [-0.05, 0) is 17.7 Å². The van der Waals surface area contributed by atoms with Crippen molar-refractivity contribution in [2.45, 2.75) is 6.42 Å². The third-order valence-electron chi connectivity index (χ3n) is 3.57. The lowest BCUT2D eigenvalue weighted by atomic mass is 10.1. The first-order valence-corrected chi connectivity index (χ1v) is 7.67. The van der Waals surface area contributed by atoms with Gasteiger partial charge in [-0.3, -0.25) is 0 Å². The van der Waals surface area contributed by atoms with Gasteiger partial charge in [0.15, 0.2) is 17.3 Å². The van der Waals surface area contributed by atoms with E-state index in [2.05, 4.69) is 20.1 Å². The van der Waals surface area contributed by atoms with Gasteiger partial charge in [-0.15, -0.1) is 0 Å². The molecule has 0 saturated carbocycles. The molecule has 0 amide bonds. The molecule has 0 fully saturated rings.